The van der Waals surface area contributed by atoms with E-state index in [1.165, 1.54) is 5.56 Å². The summed E-state index contributed by atoms with van der Waals surface area (Å²) in [7, 11) is 0. The molecule has 2 rings (SSSR count). The van der Waals surface area contributed by atoms with Crippen LogP contribution in [0.25, 0.3) is 11.5 Å². The summed E-state index contributed by atoms with van der Waals surface area (Å²) in [5.41, 5.74) is 2.20. The third-order valence-corrected chi connectivity index (χ3v) is 2.28. The van der Waals surface area contributed by atoms with Crippen LogP contribution in [0.1, 0.15) is 26.3 Å². The van der Waals surface area contributed by atoms with Gasteiger partial charge >= 0.3 is 0 Å². The van der Waals surface area contributed by atoms with Crippen LogP contribution in [0.5, 0.6) is 0 Å². The minimum absolute atomic E-state index is 0.0929. The second-order valence-electron chi connectivity index (χ2n) is 4.55. The summed E-state index contributed by atoms with van der Waals surface area (Å²) in [6.45, 7) is 6.47. The summed E-state index contributed by atoms with van der Waals surface area (Å²) in [5, 5.41) is 0. The summed E-state index contributed by atoms with van der Waals surface area (Å²) in [6.07, 6.45) is 6.85. The lowest BCUT2D eigenvalue weighted by Crippen LogP contribution is -2.11. The van der Waals surface area contributed by atoms with Crippen LogP contribution in [0.15, 0.2) is 35.3 Å². The van der Waals surface area contributed by atoms with Crippen LogP contribution >= 0.6 is 0 Å². The van der Waals surface area contributed by atoms with Crippen molar-refractivity contribution in [1.29, 1.82) is 0 Å². The Morgan fingerprint density at radius 2 is 2.00 bits per heavy atom. The molecule has 0 spiro atoms. The highest BCUT2D eigenvalue weighted by molar-refractivity contribution is 5.52. The summed E-state index contributed by atoms with van der Waals surface area (Å²) >= 11 is 0. The second-order valence-corrected chi connectivity index (χ2v) is 4.55. The summed E-state index contributed by atoms with van der Waals surface area (Å²) < 4.78 is 5.24. The molecule has 78 valence electrons. The van der Waals surface area contributed by atoms with E-state index in [1.807, 2.05) is 6.20 Å². The first-order valence-electron chi connectivity index (χ1n) is 4.93. The molecule has 0 saturated carbocycles. The lowest BCUT2D eigenvalue weighted by Gasteiger charge is -2.18. The molecule has 0 amide bonds. The number of hydrogen-bond acceptors (Lipinski definition) is 3. The molecule has 0 fully saturated rings. The van der Waals surface area contributed by atoms with E-state index in [4.69, 9.17) is 4.42 Å². The van der Waals surface area contributed by atoms with Crippen LogP contribution in [0.4, 0.5) is 0 Å². The first-order valence-corrected chi connectivity index (χ1v) is 4.93. The van der Waals surface area contributed by atoms with Crippen molar-refractivity contribution in [1.82, 2.24) is 9.97 Å². The van der Waals surface area contributed by atoms with Crippen molar-refractivity contribution in [3.8, 4) is 11.5 Å². The zero-order valence-corrected chi connectivity index (χ0v) is 9.19. The fraction of sp³-hybridized carbons (Fsp3) is 0.333. The number of nitrogens with zero attached hydrogens (tertiary/aromatic N) is 2. The zero-order chi connectivity index (χ0) is 10.9. The molecule has 3 heteroatoms. The molecule has 3 nitrogen and oxygen atoms in total. The van der Waals surface area contributed by atoms with E-state index >= 15 is 0 Å². The Hall–Kier alpha value is -1.64. The molecule has 15 heavy (non-hydrogen) atoms. The molecule has 0 unspecified atom stereocenters. The van der Waals surface area contributed by atoms with E-state index in [-0.39, 0.29) is 5.41 Å². The van der Waals surface area contributed by atoms with Crippen molar-refractivity contribution >= 4 is 0 Å². The van der Waals surface area contributed by atoms with Crippen molar-refractivity contribution in [2.24, 2.45) is 0 Å². The molecule has 0 aliphatic heterocycles. The summed E-state index contributed by atoms with van der Waals surface area (Å²) in [5.74, 6) is 0.619. The van der Waals surface area contributed by atoms with E-state index in [1.54, 1.807) is 18.7 Å². The maximum absolute atomic E-state index is 5.24. The van der Waals surface area contributed by atoms with Gasteiger partial charge in [-0.25, -0.2) is 4.98 Å². The van der Waals surface area contributed by atoms with Crippen molar-refractivity contribution < 1.29 is 4.42 Å². The van der Waals surface area contributed by atoms with Gasteiger partial charge in [0.15, 0.2) is 0 Å². The maximum Gasteiger partial charge on any atom is 0.227 e. The average Bonchev–Trinajstić information content (AvgIpc) is 2.69. The summed E-state index contributed by atoms with van der Waals surface area (Å²) in [4.78, 5) is 8.31. The number of aromatic nitrogens is 2. The molecule has 0 radical (unpaired) electrons. The molecule has 0 bridgehead atoms. The number of oxazole rings is 1. The van der Waals surface area contributed by atoms with Gasteiger partial charge in [0, 0.05) is 12.4 Å². The molecule has 0 aliphatic rings. The molecule has 2 aromatic rings. The Kier molecular flexibility index (Phi) is 2.31. The fourth-order valence-electron chi connectivity index (χ4n) is 1.33. The van der Waals surface area contributed by atoms with Crippen molar-refractivity contribution in [3.05, 3.63) is 36.5 Å². The van der Waals surface area contributed by atoms with Gasteiger partial charge in [-0.15, -0.1) is 0 Å². The summed E-state index contributed by atoms with van der Waals surface area (Å²) in [6, 6.07) is 2.07. The number of pyridine rings is 1. The predicted molar refractivity (Wildman–Crippen MR) is 58.4 cm³/mol. The molecule has 0 aromatic carbocycles. The van der Waals surface area contributed by atoms with Gasteiger partial charge in [0.25, 0.3) is 0 Å². The normalized spacial score (nSPS) is 11.7. The molecule has 0 saturated heterocycles. The van der Waals surface area contributed by atoms with Crippen LogP contribution in [-0.2, 0) is 5.41 Å². The highest BCUT2D eigenvalue weighted by Crippen LogP contribution is 2.25. The molecule has 2 aromatic heterocycles. The van der Waals surface area contributed by atoms with Gasteiger partial charge in [0.2, 0.25) is 5.89 Å². The van der Waals surface area contributed by atoms with E-state index in [2.05, 4.69) is 36.8 Å². The lowest BCUT2D eigenvalue weighted by atomic mass is 9.88. The van der Waals surface area contributed by atoms with Gasteiger partial charge < -0.3 is 4.42 Å². The van der Waals surface area contributed by atoms with Gasteiger partial charge in [0.1, 0.15) is 6.26 Å². The molecule has 0 N–H and O–H groups in total. The molecular formula is C12H14N2O. The van der Waals surface area contributed by atoms with Crippen LogP contribution < -0.4 is 0 Å². The average molecular weight is 202 g/mol. The topological polar surface area (TPSA) is 38.9 Å². The van der Waals surface area contributed by atoms with Gasteiger partial charge in [-0.2, -0.15) is 0 Å². The maximum atomic E-state index is 5.24. The number of hydrogen-bond donors (Lipinski definition) is 0. The Bertz CT molecular complexity index is 441. The van der Waals surface area contributed by atoms with E-state index in [9.17, 15) is 0 Å². The van der Waals surface area contributed by atoms with Gasteiger partial charge in [0.05, 0.1) is 11.8 Å². The van der Waals surface area contributed by atoms with Crippen molar-refractivity contribution in [2.45, 2.75) is 26.2 Å². The van der Waals surface area contributed by atoms with E-state index < -0.39 is 0 Å². The monoisotopic (exact) mass is 202 g/mol. The molecular weight excluding hydrogens is 188 g/mol. The van der Waals surface area contributed by atoms with Crippen LogP contribution in [0.2, 0.25) is 0 Å². The zero-order valence-electron chi connectivity index (χ0n) is 9.19. The molecule has 0 atom stereocenters. The first kappa shape index (κ1) is 9.90. The SMILES string of the molecule is CC(C)(C)c1cncc(-c2ncco2)c1. The number of rotatable bonds is 1. The quantitative estimate of drug-likeness (QED) is 0.713. The van der Waals surface area contributed by atoms with Gasteiger partial charge in [-0.3, -0.25) is 4.98 Å². The Balaban J connectivity index is 2.44. The fourth-order valence-corrected chi connectivity index (χ4v) is 1.33. The first-order chi connectivity index (χ1) is 7.07. The second kappa shape index (κ2) is 3.50. The highest BCUT2D eigenvalue weighted by Gasteiger charge is 2.15. The third kappa shape index (κ3) is 2.06. The largest absolute Gasteiger partial charge is 0.444 e. The van der Waals surface area contributed by atoms with Crippen molar-refractivity contribution in [2.75, 3.05) is 0 Å². The Morgan fingerprint density at radius 1 is 1.20 bits per heavy atom. The molecule has 0 aliphatic carbocycles. The van der Waals surface area contributed by atoms with E-state index in [0.29, 0.717) is 5.89 Å². The minimum Gasteiger partial charge on any atom is -0.444 e. The van der Waals surface area contributed by atoms with Crippen LogP contribution in [-0.4, -0.2) is 9.97 Å². The minimum atomic E-state index is 0.0929. The van der Waals surface area contributed by atoms with Crippen LogP contribution in [0.3, 0.4) is 0 Å². The van der Waals surface area contributed by atoms with Gasteiger partial charge in [-0.1, -0.05) is 20.8 Å². The van der Waals surface area contributed by atoms with E-state index in [0.717, 1.165) is 5.56 Å². The third-order valence-electron chi connectivity index (χ3n) is 2.28. The standard InChI is InChI=1S/C12H14N2O/c1-12(2,3)10-6-9(7-13-8-10)11-14-4-5-15-11/h4-8H,1-3H3. The van der Waals surface area contributed by atoms with Gasteiger partial charge in [-0.05, 0) is 17.0 Å². The molecule has 2 heterocycles. The smallest absolute Gasteiger partial charge is 0.227 e. The van der Waals surface area contributed by atoms with Crippen LogP contribution in [0, 0.1) is 0 Å². The van der Waals surface area contributed by atoms with Crippen molar-refractivity contribution in [3.63, 3.8) is 0 Å². The highest BCUT2D eigenvalue weighted by atomic mass is 16.3. The lowest BCUT2D eigenvalue weighted by molar-refractivity contribution is 0.570. The predicted octanol–water partition coefficient (Wildman–Crippen LogP) is 3.03. The Labute approximate surface area is 89.2 Å². The Morgan fingerprint density at radius 3 is 2.60 bits per heavy atom.